The van der Waals surface area contributed by atoms with E-state index in [-0.39, 0.29) is 30.3 Å². The lowest BCUT2D eigenvalue weighted by atomic mass is 9.95. The van der Waals surface area contributed by atoms with Crippen LogP contribution in [0.25, 0.3) is 0 Å². The molecule has 1 heterocycles. The van der Waals surface area contributed by atoms with Gasteiger partial charge in [0.25, 0.3) is 10.9 Å². The van der Waals surface area contributed by atoms with Gasteiger partial charge >= 0.3 is 6.09 Å². The highest BCUT2D eigenvalue weighted by atomic mass is 16.7. The van der Waals surface area contributed by atoms with Crippen LogP contribution in [0.15, 0.2) is 34.1 Å². The molecule has 0 unspecified atom stereocenters. The first kappa shape index (κ1) is 33.0. The maximum absolute atomic E-state index is 13.2. The van der Waals surface area contributed by atoms with Gasteiger partial charge in [-0.3, -0.25) is 24.2 Å². The summed E-state index contributed by atoms with van der Waals surface area (Å²) >= 11 is 0. The van der Waals surface area contributed by atoms with Crippen LogP contribution in [0, 0.1) is 0 Å². The molecule has 0 atom stereocenters. The SMILES string of the molecule is CCN(CCON(C(=O)CCCCCCNc1c(Nc2ccncc2)c(=O)c1=O)C1CCCCC1)C(=O)OC(C)(C)C. The van der Waals surface area contributed by atoms with Crippen molar-refractivity contribution in [2.24, 2.45) is 0 Å². The van der Waals surface area contributed by atoms with Crippen molar-refractivity contribution < 1.29 is 19.2 Å². The van der Waals surface area contributed by atoms with E-state index >= 15 is 0 Å². The molecule has 1 aliphatic rings. The number of pyridine rings is 1. The molecule has 2 aromatic rings. The first-order valence-electron chi connectivity index (χ1n) is 15.3. The number of likely N-dealkylation sites (N-methyl/N-ethyl adjacent to an activating group) is 1. The number of ether oxygens (including phenoxy) is 1. The van der Waals surface area contributed by atoms with Gasteiger partial charge in [0.2, 0.25) is 5.91 Å². The monoisotopic (exact) mass is 585 g/mol. The van der Waals surface area contributed by atoms with Gasteiger partial charge in [-0.2, -0.15) is 0 Å². The predicted molar refractivity (Wildman–Crippen MR) is 164 cm³/mol. The van der Waals surface area contributed by atoms with Crippen molar-refractivity contribution in [1.82, 2.24) is 14.9 Å². The minimum absolute atomic E-state index is 0.0177. The van der Waals surface area contributed by atoms with E-state index in [0.29, 0.717) is 37.4 Å². The summed E-state index contributed by atoms with van der Waals surface area (Å²) in [6.45, 7) is 9.04. The normalized spacial score (nSPS) is 14.0. The van der Waals surface area contributed by atoms with Crippen molar-refractivity contribution >= 4 is 29.1 Å². The molecule has 1 aromatic heterocycles. The fourth-order valence-corrected chi connectivity index (χ4v) is 4.99. The summed E-state index contributed by atoms with van der Waals surface area (Å²) in [5.74, 6) is -0.0177. The number of amides is 2. The van der Waals surface area contributed by atoms with Gasteiger partial charge in [0, 0.05) is 44.1 Å². The third-order valence-electron chi connectivity index (χ3n) is 7.26. The average molecular weight is 586 g/mol. The molecule has 3 rings (SSSR count). The van der Waals surface area contributed by atoms with Gasteiger partial charge in [-0.25, -0.2) is 9.86 Å². The standard InChI is InChI=1S/C31H47N5O6/c1-5-35(30(40)42-31(2,3)4)21-22-41-36(24-13-9-8-10-14-24)25(37)15-11-6-7-12-18-33-26-27(29(39)28(26)38)34-23-16-19-32-20-17-23/h16-17,19-20,24,33H,5-15,18,21-22H2,1-4H3,(H,32,34). The van der Waals surface area contributed by atoms with E-state index in [1.54, 1.807) is 34.5 Å². The van der Waals surface area contributed by atoms with Crippen molar-refractivity contribution in [3.8, 4) is 0 Å². The van der Waals surface area contributed by atoms with Crippen LogP contribution in [0.4, 0.5) is 21.9 Å². The molecule has 11 heteroatoms. The van der Waals surface area contributed by atoms with Gasteiger partial charge in [-0.1, -0.05) is 32.1 Å². The molecule has 2 N–H and O–H groups in total. The van der Waals surface area contributed by atoms with Crippen LogP contribution < -0.4 is 21.5 Å². The molecule has 42 heavy (non-hydrogen) atoms. The van der Waals surface area contributed by atoms with E-state index in [4.69, 9.17) is 9.57 Å². The van der Waals surface area contributed by atoms with Gasteiger partial charge in [-0.15, -0.1) is 0 Å². The van der Waals surface area contributed by atoms with Crippen LogP contribution in [0.3, 0.4) is 0 Å². The van der Waals surface area contributed by atoms with Crippen molar-refractivity contribution in [2.45, 2.75) is 104 Å². The molecule has 232 valence electrons. The highest BCUT2D eigenvalue weighted by Crippen LogP contribution is 2.24. The zero-order valence-corrected chi connectivity index (χ0v) is 25.6. The summed E-state index contributed by atoms with van der Waals surface area (Å²) in [5, 5.41) is 7.65. The number of aromatic nitrogens is 1. The Morgan fingerprint density at radius 3 is 2.31 bits per heavy atom. The van der Waals surface area contributed by atoms with Crippen LogP contribution in [0.2, 0.25) is 0 Å². The summed E-state index contributed by atoms with van der Waals surface area (Å²) < 4.78 is 5.47. The lowest BCUT2D eigenvalue weighted by Crippen LogP contribution is -2.44. The molecular formula is C31H47N5O6. The molecule has 0 radical (unpaired) electrons. The molecule has 0 saturated heterocycles. The second kappa shape index (κ2) is 16.2. The van der Waals surface area contributed by atoms with Gasteiger partial charge < -0.3 is 20.3 Å². The Balaban J connectivity index is 1.39. The summed E-state index contributed by atoms with van der Waals surface area (Å²) in [4.78, 5) is 61.2. The third kappa shape index (κ3) is 10.1. The average Bonchev–Trinajstić information content (AvgIpc) is 2.97. The fraction of sp³-hybridized carbons (Fsp3) is 0.645. The Labute approximate surface area is 248 Å². The summed E-state index contributed by atoms with van der Waals surface area (Å²) in [6, 6.07) is 3.52. The van der Waals surface area contributed by atoms with Gasteiger partial charge in [0.15, 0.2) is 0 Å². The van der Waals surface area contributed by atoms with Crippen LogP contribution in [-0.4, -0.2) is 64.8 Å². The number of rotatable bonds is 16. The second-order valence-corrected chi connectivity index (χ2v) is 11.8. The van der Waals surface area contributed by atoms with E-state index in [1.165, 1.54) is 6.42 Å². The molecule has 1 aliphatic carbocycles. The predicted octanol–water partition coefficient (Wildman–Crippen LogP) is 5.13. The van der Waals surface area contributed by atoms with E-state index in [9.17, 15) is 19.2 Å². The second-order valence-electron chi connectivity index (χ2n) is 11.8. The van der Waals surface area contributed by atoms with Crippen LogP contribution >= 0.6 is 0 Å². The highest BCUT2D eigenvalue weighted by Gasteiger charge is 2.27. The van der Waals surface area contributed by atoms with E-state index in [2.05, 4.69) is 15.6 Å². The number of anilines is 3. The van der Waals surface area contributed by atoms with Gasteiger partial charge in [0.1, 0.15) is 17.0 Å². The minimum atomic E-state index is -0.572. The smallest absolute Gasteiger partial charge is 0.410 e. The Bertz CT molecular complexity index is 1200. The van der Waals surface area contributed by atoms with Crippen LogP contribution in [-0.2, 0) is 14.4 Å². The quantitative estimate of drug-likeness (QED) is 0.156. The number of nitrogens with zero attached hydrogens (tertiary/aromatic N) is 3. The number of unbranched alkanes of at least 4 members (excludes halogenated alkanes) is 3. The van der Waals surface area contributed by atoms with Gasteiger partial charge in [-0.05, 0) is 65.5 Å². The van der Waals surface area contributed by atoms with Crippen molar-refractivity contribution in [3.05, 3.63) is 45.0 Å². The number of hydroxylamine groups is 2. The van der Waals surface area contributed by atoms with Crippen LogP contribution in [0.1, 0.15) is 91.9 Å². The molecular weight excluding hydrogens is 538 g/mol. The summed E-state index contributed by atoms with van der Waals surface area (Å²) in [5.41, 5.74) is -0.301. The first-order chi connectivity index (χ1) is 20.1. The largest absolute Gasteiger partial charge is 0.444 e. The fourth-order valence-electron chi connectivity index (χ4n) is 4.99. The molecule has 0 aliphatic heterocycles. The zero-order chi connectivity index (χ0) is 30.5. The Hall–Kier alpha value is -3.47. The number of hydrogen-bond acceptors (Lipinski definition) is 9. The maximum atomic E-state index is 13.2. The topological polar surface area (TPSA) is 130 Å². The highest BCUT2D eigenvalue weighted by molar-refractivity contribution is 5.78. The number of carbonyl (C=O) groups excluding carboxylic acids is 2. The molecule has 0 bridgehead atoms. The van der Waals surface area contributed by atoms with Crippen LogP contribution in [0.5, 0.6) is 0 Å². The third-order valence-corrected chi connectivity index (χ3v) is 7.26. The molecule has 1 fully saturated rings. The minimum Gasteiger partial charge on any atom is -0.444 e. The lowest BCUT2D eigenvalue weighted by molar-refractivity contribution is -0.204. The summed E-state index contributed by atoms with van der Waals surface area (Å²) in [6.07, 6.45) is 11.7. The van der Waals surface area contributed by atoms with Crippen molar-refractivity contribution in [2.75, 3.05) is 36.9 Å². The molecule has 0 spiro atoms. The van der Waals surface area contributed by atoms with Crippen molar-refractivity contribution in [1.29, 1.82) is 0 Å². The Morgan fingerprint density at radius 2 is 1.64 bits per heavy atom. The summed E-state index contributed by atoms with van der Waals surface area (Å²) in [7, 11) is 0. The Kier molecular flexibility index (Phi) is 12.8. The molecule has 1 aromatic carbocycles. The maximum Gasteiger partial charge on any atom is 0.410 e. The molecule has 11 nitrogen and oxygen atoms in total. The van der Waals surface area contributed by atoms with E-state index < -0.39 is 16.5 Å². The lowest BCUT2D eigenvalue weighted by Gasteiger charge is -2.34. The molecule has 1 saturated carbocycles. The Morgan fingerprint density at radius 1 is 0.976 bits per heavy atom. The van der Waals surface area contributed by atoms with Gasteiger partial charge in [0.05, 0.1) is 12.6 Å². The molecule has 2 amide bonds. The zero-order valence-electron chi connectivity index (χ0n) is 25.6. The number of hydrogen-bond donors (Lipinski definition) is 2. The van der Waals surface area contributed by atoms with Crippen molar-refractivity contribution in [3.63, 3.8) is 0 Å². The van der Waals surface area contributed by atoms with E-state index in [0.717, 1.165) is 51.4 Å². The first-order valence-corrected chi connectivity index (χ1v) is 15.3. The van der Waals surface area contributed by atoms with E-state index in [1.807, 2.05) is 27.7 Å². The number of carbonyl (C=O) groups is 2. The number of nitrogens with one attached hydrogen (secondary N) is 2.